The fraction of sp³-hybridized carbons (Fsp3) is 0. The van der Waals surface area contributed by atoms with Crippen molar-refractivity contribution in [2.45, 2.75) is 0 Å². The van der Waals surface area contributed by atoms with Gasteiger partial charge in [0.1, 0.15) is 0 Å². The Morgan fingerprint density at radius 3 is 1.62 bits per heavy atom. The van der Waals surface area contributed by atoms with Crippen LogP contribution in [0.25, 0.3) is 87.2 Å². The van der Waals surface area contributed by atoms with Crippen molar-refractivity contribution < 1.29 is 0 Å². The summed E-state index contributed by atoms with van der Waals surface area (Å²) in [4.78, 5) is 5.19. The zero-order chi connectivity index (χ0) is 42.8. The summed E-state index contributed by atoms with van der Waals surface area (Å²) in [5.74, 6) is 0. The molecular formula is C61H36BN3. The minimum Gasteiger partial charge on any atom is -0.376 e. The van der Waals surface area contributed by atoms with Crippen LogP contribution >= 0.6 is 0 Å². The SMILES string of the molecule is N#Cc1cc2ccc3c4c5c(c6ccc(c1)c2c36)N(c1ccc2ccccc2c1)c1ccc(-c2ccccc2)cc1B5N(c1ccc2ccccc2c1)c1ccc(-c2ccccc2)cc1-4. The van der Waals surface area contributed by atoms with E-state index in [2.05, 4.69) is 234 Å². The summed E-state index contributed by atoms with van der Waals surface area (Å²) >= 11 is 0. The lowest BCUT2D eigenvalue weighted by Crippen LogP contribution is -2.61. The van der Waals surface area contributed by atoms with Gasteiger partial charge < -0.3 is 9.71 Å². The first-order valence-corrected chi connectivity index (χ1v) is 22.3. The molecule has 0 radical (unpaired) electrons. The minimum atomic E-state index is -0.196. The van der Waals surface area contributed by atoms with Crippen LogP contribution < -0.4 is 20.6 Å². The molecule has 0 saturated heterocycles. The van der Waals surface area contributed by atoms with Crippen molar-refractivity contribution in [2.24, 2.45) is 0 Å². The lowest BCUT2D eigenvalue weighted by Gasteiger charge is -2.47. The van der Waals surface area contributed by atoms with Crippen LogP contribution in [0.3, 0.4) is 0 Å². The molecule has 0 aliphatic carbocycles. The van der Waals surface area contributed by atoms with Gasteiger partial charge in [-0.3, -0.25) is 0 Å². The first-order valence-electron chi connectivity index (χ1n) is 22.3. The van der Waals surface area contributed by atoms with Crippen LogP contribution in [-0.2, 0) is 0 Å². The van der Waals surface area contributed by atoms with Gasteiger partial charge >= 0.3 is 6.85 Å². The second kappa shape index (κ2) is 13.7. The van der Waals surface area contributed by atoms with Crippen molar-refractivity contribution in [2.75, 3.05) is 9.71 Å². The van der Waals surface area contributed by atoms with Crippen LogP contribution in [0.4, 0.5) is 28.4 Å². The average Bonchev–Trinajstić information content (AvgIpc) is 3.38. The van der Waals surface area contributed by atoms with Crippen LogP contribution in [0, 0.1) is 11.3 Å². The van der Waals surface area contributed by atoms with E-state index >= 15 is 0 Å². The maximum Gasteiger partial charge on any atom is 0.333 e. The zero-order valence-electron chi connectivity index (χ0n) is 35.2. The molecule has 0 bridgehead atoms. The van der Waals surface area contributed by atoms with Crippen molar-refractivity contribution >= 4 is 100 Å². The van der Waals surface area contributed by atoms with E-state index in [9.17, 15) is 5.26 Å². The molecule has 12 aromatic rings. The Hall–Kier alpha value is -8.65. The second-order valence-electron chi connectivity index (χ2n) is 17.6. The lowest BCUT2D eigenvalue weighted by molar-refractivity contribution is 1.29. The smallest absolute Gasteiger partial charge is 0.333 e. The second-order valence-corrected chi connectivity index (χ2v) is 17.6. The minimum absolute atomic E-state index is 0.196. The molecule has 0 saturated carbocycles. The topological polar surface area (TPSA) is 30.3 Å². The third-order valence-electron chi connectivity index (χ3n) is 14.1. The number of benzene rings is 12. The highest BCUT2D eigenvalue weighted by Gasteiger charge is 2.47. The maximum absolute atomic E-state index is 10.2. The number of hydrogen-bond donors (Lipinski definition) is 0. The van der Waals surface area contributed by atoms with Crippen molar-refractivity contribution in [3.63, 3.8) is 0 Å². The number of hydrogen-bond acceptors (Lipinski definition) is 3. The molecule has 2 aliphatic heterocycles. The molecule has 12 aromatic carbocycles. The van der Waals surface area contributed by atoms with Crippen LogP contribution in [0.5, 0.6) is 0 Å². The fourth-order valence-corrected chi connectivity index (χ4v) is 11.3. The van der Waals surface area contributed by atoms with Crippen LogP contribution in [0.2, 0.25) is 0 Å². The molecule has 0 N–H and O–H groups in total. The Labute approximate surface area is 376 Å². The molecule has 14 rings (SSSR count). The van der Waals surface area contributed by atoms with E-state index in [0.717, 1.165) is 27.8 Å². The van der Waals surface area contributed by atoms with Gasteiger partial charge in [-0.1, -0.05) is 164 Å². The van der Waals surface area contributed by atoms with E-state index in [1.807, 2.05) is 0 Å². The molecule has 0 atom stereocenters. The zero-order valence-corrected chi connectivity index (χ0v) is 35.2. The summed E-state index contributed by atoms with van der Waals surface area (Å²) in [6.45, 7) is -0.196. The summed E-state index contributed by atoms with van der Waals surface area (Å²) in [7, 11) is 0. The third kappa shape index (κ3) is 5.24. The number of rotatable bonds is 4. The number of anilines is 5. The van der Waals surface area contributed by atoms with E-state index < -0.39 is 0 Å². The summed E-state index contributed by atoms with van der Waals surface area (Å²) in [5.41, 5.74) is 16.1. The van der Waals surface area contributed by atoms with E-state index in [4.69, 9.17) is 0 Å². The summed E-state index contributed by atoms with van der Waals surface area (Å²) in [6.07, 6.45) is 0. The summed E-state index contributed by atoms with van der Waals surface area (Å²) in [5, 5.41) is 22.0. The average molecular weight is 822 g/mol. The molecule has 0 amide bonds. The number of nitrogens with zero attached hydrogens (tertiary/aromatic N) is 3. The molecular weight excluding hydrogens is 786 g/mol. The van der Waals surface area contributed by atoms with Crippen LogP contribution in [0.15, 0.2) is 218 Å². The van der Waals surface area contributed by atoms with Gasteiger partial charge in [-0.2, -0.15) is 5.26 Å². The molecule has 0 unspecified atom stereocenters. The summed E-state index contributed by atoms with van der Waals surface area (Å²) < 4.78 is 0. The first kappa shape index (κ1) is 35.9. The van der Waals surface area contributed by atoms with Crippen molar-refractivity contribution in [3.8, 4) is 39.4 Å². The quantitative estimate of drug-likeness (QED) is 0.131. The van der Waals surface area contributed by atoms with E-state index in [1.165, 1.54) is 98.8 Å². The first-order chi connectivity index (χ1) is 32.2. The van der Waals surface area contributed by atoms with Gasteiger partial charge in [-0.05, 0) is 136 Å². The molecule has 0 aromatic heterocycles. The van der Waals surface area contributed by atoms with Crippen molar-refractivity contribution in [1.29, 1.82) is 5.26 Å². The predicted molar refractivity (Wildman–Crippen MR) is 274 cm³/mol. The maximum atomic E-state index is 10.2. The highest BCUT2D eigenvalue weighted by Crippen LogP contribution is 2.54. The lowest BCUT2D eigenvalue weighted by atomic mass is 9.42. The highest BCUT2D eigenvalue weighted by atomic mass is 15.2. The number of nitriles is 1. The van der Waals surface area contributed by atoms with Gasteiger partial charge in [-0.15, -0.1) is 0 Å². The Balaban J connectivity index is 1.19. The molecule has 2 aliphatic rings. The van der Waals surface area contributed by atoms with Gasteiger partial charge in [0.25, 0.3) is 0 Å². The Morgan fingerprint density at radius 2 is 0.954 bits per heavy atom. The highest BCUT2D eigenvalue weighted by molar-refractivity contribution is 6.94. The van der Waals surface area contributed by atoms with Gasteiger partial charge in [0.05, 0.1) is 17.3 Å². The van der Waals surface area contributed by atoms with Crippen molar-refractivity contribution in [1.82, 2.24) is 0 Å². The van der Waals surface area contributed by atoms with Gasteiger partial charge in [0.2, 0.25) is 0 Å². The monoisotopic (exact) mass is 821 g/mol. The standard InChI is InChI=1S/C61H36BN3/c63-37-38-31-47-21-27-51-58-52(28-22-48(32-38)57(47)58)61-60-59(51)53-35-45(39-11-3-1-4-12-39)23-29-55(53)65(50-26-20-42-16-8-10-18-44(42)34-50)62(60)54-36-46(40-13-5-2-6-14-40)24-30-56(54)64(61)49-25-19-41-15-7-9-17-43(41)33-49/h1-36H. The fourth-order valence-electron chi connectivity index (χ4n) is 11.3. The largest absolute Gasteiger partial charge is 0.376 e. The normalized spacial score (nSPS) is 12.8. The third-order valence-corrected chi connectivity index (χ3v) is 14.1. The molecule has 298 valence electrons. The van der Waals surface area contributed by atoms with Gasteiger partial charge in [0.15, 0.2) is 0 Å². The molecule has 0 spiro atoms. The van der Waals surface area contributed by atoms with E-state index in [-0.39, 0.29) is 6.85 Å². The van der Waals surface area contributed by atoms with E-state index in [1.54, 1.807) is 0 Å². The molecule has 2 heterocycles. The van der Waals surface area contributed by atoms with E-state index in [0.29, 0.717) is 5.56 Å². The number of fused-ring (bicyclic) bond motifs is 8. The van der Waals surface area contributed by atoms with Gasteiger partial charge in [0, 0.05) is 39.1 Å². The van der Waals surface area contributed by atoms with Crippen molar-refractivity contribution in [3.05, 3.63) is 224 Å². The van der Waals surface area contributed by atoms with Crippen LogP contribution in [-0.4, -0.2) is 6.85 Å². The summed E-state index contributed by atoms with van der Waals surface area (Å²) in [6, 6.07) is 82.7. The van der Waals surface area contributed by atoms with Gasteiger partial charge in [-0.25, -0.2) is 0 Å². The molecule has 4 heteroatoms. The Morgan fingerprint density at radius 1 is 0.400 bits per heavy atom. The molecule has 0 fully saturated rings. The molecule has 3 nitrogen and oxygen atoms in total. The van der Waals surface area contributed by atoms with Crippen LogP contribution in [0.1, 0.15) is 5.56 Å². The Kier molecular flexibility index (Phi) is 7.55. The Bertz CT molecular complexity index is 3970. The molecule has 65 heavy (non-hydrogen) atoms. The predicted octanol–water partition coefficient (Wildman–Crippen LogP) is 14.8.